The number of thiophene rings is 1. The summed E-state index contributed by atoms with van der Waals surface area (Å²) in [5.74, 6) is 0. The Bertz CT molecular complexity index is 381. The van der Waals surface area contributed by atoms with E-state index in [1.165, 1.54) is 17.6 Å². The second-order valence-electron chi connectivity index (χ2n) is 2.94. The Hall–Kier alpha value is -0.390. The summed E-state index contributed by atoms with van der Waals surface area (Å²) in [6, 6.07) is 3.36. The van der Waals surface area contributed by atoms with Gasteiger partial charge in [-0.3, -0.25) is 0 Å². The Balaban J connectivity index is 3.00. The van der Waals surface area contributed by atoms with Crippen LogP contribution in [0.25, 0.3) is 0 Å². The average Bonchev–Trinajstić information content (AvgIpc) is 2.50. The number of nitrogens with two attached hydrogens (primary N) is 1. The lowest BCUT2D eigenvalue weighted by atomic mass is 10.2. The van der Waals surface area contributed by atoms with E-state index in [4.69, 9.17) is 5.73 Å². The second kappa shape index (κ2) is 3.77. The average molecular weight is 219 g/mol. The van der Waals surface area contributed by atoms with Crippen molar-refractivity contribution >= 4 is 21.2 Å². The standard InChI is InChI=1S/C8H13NO2S2/c1-3-6(9)7-4-5-8(12-7)13(2,10)11/h4-6H,3,9H2,1-2H3/t6-/m0/s1. The SMILES string of the molecule is CC[C@H](N)c1ccc(S(C)(=O)=O)s1. The molecule has 74 valence electrons. The lowest BCUT2D eigenvalue weighted by Gasteiger charge is -2.03. The number of hydrogen-bond donors (Lipinski definition) is 1. The van der Waals surface area contributed by atoms with Crippen LogP contribution < -0.4 is 5.73 Å². The van der Waals surface area contributed by atoms with Crippen molar-refractivity contribution in [1.82, 2.24) is 0 Å². The van der Waals surface area contributed by atoms with Crippen molar-refractivity contribution < 1.29 is 8.42 Å². The molecule has 1 aromatic heterocycles. The molecule has 0 unspecified atom stereocenters. The van der Waals surface area contributed by atoms with E-state index in [1.807, 2.05) is 6.92 Å². The zero-order valence-electron chi connectivity index (χ0n) is 7.65. The third-order valence-corrected chi connectivity index (χ3v) is 4.81. The van der Waals surface area contributed by atoms with Gasteiger partial charge in [-0.25, -0.2) is 8.42 Å². The maximum Gasteiger partial charge on any atom is 0.184 e. The summed E-state index contributed by atoms with van der Waals surface area (Å²) in [5.41, 5.74) is 5.77. The van der Waals surface area contributed by atoms with Crippen molar-refractivity contribution in [2.45, 2.75) is 23.6 Å². The minimum Gasteiger partial charge on any atom is -0.323 e. The molecule has 0 saturated carbocycles. The van der Waals surface area contributed by atoms with Gasteiger partial charge in [0.05, 0.1) is 0 Å². The summed E-state index contributed by atoms with van der Waals surface area (Å²) in [6.07, 6.45) is 2.03. The summed E-state index contributed by atoms with van der Waals surface area (Å²) in [4.78, 5) is 0.933. The summed E-state index contributed by atoms with van der Waals surface area (Å²) in [6.45, 7) is 1.98. The molecule has 3 nitrogen and oxygen atoms in total. The molecule has 1 rings (SSSR count). The van der Waals surface area contributed by atoms with E-state index in [2.05, 4.69) is 0 Å². The van der Waals surface area contributed by atoms with E-state index in [0.717, 1.165) is 11.3 Å². The molecule has 0 aliphatic carbocycles. The molecule has 0 bridgehead atoms. The molecule has 13 heavy (non-hydrogen) atoms. The fourth-order valence-electron chi connectivity index (χ4n) is 0.934. The summed E-state index contributed by atoms with van der Waals surface area (Å²) in [5, 5.41) is 0. The second-order valence-corrected chi connectivity index (χ2v) is 6.30. The van der Waals surface area contributed by atoms with E-state index in [9.17, 15) is 8.42 Å². The van der Waals surface area contributed by atoms with Crippen molar-refractivity contribution in [1.29, 1.82) is 0 Å². The first-order chi connectivity index (χ1) is 5.95. The molecule has 0 aromatic carbocycles. The quantitative estimate of drug-likeness (QED) is 0.839. The Morgan fingerprint density at radius 1 is 1.54 bits per heavy atom. The van der Waals surface area contributed by atoms with Gasteiger partial charge < -0.3 is 5.73 Å². The molecular formula is C8H13NO2S2. The van der Waals surface area contributed by atoms with Gasteiger partial charge in [0, 0.05) is 17.2 Å². The van der Waals surface area contributed by atoms with Crippen molar-refractivity contribution in [3.63, 3.8) is 0 Å². The van der Waals surface area contributed by atoms with Crippen LogP contribution in [0.4, 0.5) is 0 Å². The number of rotatable bonds is 3. The molecule has 1 atom stereocenters. The highest BCUT2D eigenvalue weighted by atomic mass is 32.2. The van der Waals surface area contributed by atoms with Crippen LogP contribution in [0.1, 0.15) is 24.3 Å². The maximum atomic E-state index is 11.1. The normalized spacial score (nSPS) is 14.4. The summed E-state index contributed by atoms with van der Waals surface area (Å²) < 4.78 is 22.6. The first-order valence-electron chi connectivity index (χ1n) is 4.00. The van der Waals surface area contributed by atoms with E-state index in [-0.39, 0.29) is 6.04 Å². The molecule has 0 amide bonds. The highest BCUT2D eigenvalue weighted by molar-refractivity contribution is 7.92. The molecular weight excluding hydrogens is 206 g/mol. The Labute approximate surface area is 82.5 Å². The van der Waals surface area contributed by atoms with Crippen molar-refractivity contribution in [2.75, 3.05) is 6.26 Å². The highest BCUT2D eigenvalue weighted by Crippen LogP contribution is 2.26. The molecule has 1 heterocycles. The van der Waals surface area contributed by atoms with E-state index in [1.54, 1.807) is 12.1 Å². The Morgan fingerprint density at radius 2 is 2.15 bits per heavy atom. The zero-order valence-corrected chi connectivity index (χ0v) is 9.28. The molecule has 2 N–H and O–H groups in total. The van der Waals surface area contributed by atoms with Crippen LogP contribution in [-0.2, 0) is 9.84 Å². The van der Waals surface area contributed by atoms with Gasteiger partial charge >= 0.3 is 0 Å². The van der Waals surface area contributed by atoms with Gasteiger partial charge in [0.1, 0.15) is 4.21 Å². The lowest BCUT2D eigenvalue weighted by molar-refractivity contribution is 0.604. The van der Waals surface area contributed by atoms with Gasteiger partial charge in [-0.2, -0.15) is 0 Å². The minimum absolute atomic E-state index is 0.0412. The van der Waals surface area contributed by atoms with Gasteiger partial charge in [-0.15, -0.1) is 11.3 Å². The molecule has 0 aliphatic rings. The van der Waals surface area contributed by atoms with Crippen LogP contribution in [0.5, 0.6) is 0 Å². The van der Waals surface area contributed by atoms with E-state index < -0.39 is 9.84 Å². The van der Waals surface area contributed by atoms with E-state index in [0.29, 0.717) is 4.21 Å². The van der Waals surface area contributed by atoms with Gasteiger partial charge in [0.25, 0.3) is 0 Å². The van der Waals surface area contributed by atoms with Crippen molar-refractivity contribution in [3.05, 3.63) is 17.0 Å². The van der Waals surface area contributed by atoms with Crippen LogP contribution in [0.3, 0.4) is 0 Å². The van der Waals surface area contributed by atoms with Gasteiger partial charge in [0.2, 0.25) is 0 Å². The van der Waals surface area contributed by atoms with Crippen LogP contribution >= 0.6 is 11.3 Å². The van der Waals surface area contributed by atoms with Crippen LogP contribution in [0.2, 0.25) is 0 Å². The first-order valence-corrected chi connectivity index (χ1v) is 6.71. The molecule has 0 radical (unpaired) electrons. The molecule has 0 spiro atoms. The van der Waals surface area contributed by atoms with Crippen LogP contribution in [0.15, 0.2) is 16.3 Å². The van der Waals surface area contributed by atoms with Gasteiger partial charge in [-0.1, -0.05) is 6.92 Å². The van der Waals surface area contributed by atoms with Crippen molar-refractivity contribution in [2.24, 2.45) is 5.73 Å². The third kappa shape index (κ3) is 2.52. The zero-order chi connectivity index (χ0) is 10.1. The maximum absolute atomic E-state index is 11.1. The molecule has 5 heteroatoms. The fourth-order valence-corrected chi connectivity index (χ4v) is 2.97. The van der Waals surface area contributed by atoms with Gasteiger partial charge in [-0.05, 0) is 18.6 Å². The number of hydrogen-bond acceptors (Lipinski definition) is 4. The first kappa shape index (κ1) is 10.7. The van der Waals surface area contributed by atoms with Gasteiger partial charge in [0.15, 0.2) is 9.84 Å². The predicted molar refractivity (Wildman–Crippen MR) is 54.6 cm³/mol. The fraction of sp³-hybridized carbons (Fsp3) is 0.500. The molecule has 0 aliphatic heterocycles. The Morgan fingerprint density at radius 3 is 2.54 bits per heavy atom. The smallest absolute Gasteiger partial charge is 0.184 e. The lowest BCUT2D eigenvalue weighted by Crippen LogP contribution is -2.05. The monoisotopic (exact) mass is 219 g/mol. The topological polar surface area (TPSA) is 60.2 Å². The molecule has 1 aromatic rings. The largest absolute Gasteiger partial charge is 0.323 e. The summed E-state index contributed by atoms with van der Waals surface area (Å²) >= 11 is 1.26. The molecule has 0 saturated heterocycles. The third-order valence-electron chi connectivity index (χ3n) is 1.77. The summed E-state index contributed by atoms with van der Waals surface area (Å²) in [7, 11) is -3.06. The van der Waals surface area contributed by atoms with Crippen LogP contribution in [-0.4, -0.2) is 14.7 Å². The molecule has 0 fully saturated rings. The van der Waals surface area contributed by atoms with Crippen LogP contribution in [0, 0.1) is 0 Å². The Kier molecular flexibility index (Phi) is 3.10. The van der Waals surface area contributed by atoms with Crippen molar-refractivity contribution in [3.8, 4) is 0 Å². The number of sulfone groups is 1. The predicted octanol–water partition coefficient (Wildman–Crippen LogP) is 1.56. The minimum atomic E-state index is -3.06. The highest BCUT2D eigenvalue weighted by Gasteiger charge is 2.13. The van der Waals surface area contributed by atoms with E-state index >= 15 is 0 Å².